The molecule has 1 heterocycles. The summed E-state index contributed by atoms with van der Waals surface area (Å²) >= 11 is 5.99. The first-order chi connectivity index (χ1) is 13.5. The Morgan fingerprint density at radius 1 is 1.00 bits per heavy atom. The number of hydrogen-bond donors (Lipinski definition) is 0. The second-order valence-electron chi connectivity index (χ2n) is 6.45. The summed E-state index contributed by atoms with van der Waals surface area (Å²) in [5, 5.41) is 13.3. The van der Waals surface area contributed by atoms with Gasteiger partial charge < -0.3 is 14.3 Å². The third-order valence-corrected chi connectivity index (χ3v) is 4.61. The number of aryl methyl sites for hydroxylation is 1. The third-order valence-electron chi connectivity index (χ3n) is 4.36. The minimum absolute atomic E-state index is 0.0836. The zero-order chi connectivity index (χ0) is 19.7. The molecule has 0 saturated heterocycles. The molecular formula is C23H15ClNO3-. The summed E-state index contributed by atoms with van der Waals surface area (Å²) < 4.78 is 6.08. The Morgan fingerprint density at radius 2 is 1.79 bits per heavy atom. The predicted octanol–water partition coefficient (Wildman–Crippen LogP) is 4.66. The largest absolute Gasteiger partial charge is 0.545 e. The fraction of sp³-hybridized carbons (Fsp3) is 0.0435. The average molecular weight is 389 g/mol. The molecule has 138 valence electrons. The van der Waals surface area contributed by atoms with Gasteiger partial charge in [0.2, 0.25) is 0 Å². The molecular weight excluding hydrogens is 374 g/mol. The summed E-state index contributed by atoms with van der Waals surface area (Å²) in [6.07, 6.45) is 0. The van der Waals surface area contributed by atoms with E-state index >= 15 is 0 Å². The number of carbonyl (C=O) groups is 1. The summed E-state index contributed by atoms with van der Waals surface area (Å²) in [5.74, 6) is -0.592. The zero-order valence-corrected chi connectivity index (χ0v) is 15.7. The molecule has 5 heteroatoms. The molecule has 1 aromatic heterocycles. The highest BCUT2D eigenvalue weighted by Crippen LogP contribution is 2.25. The van der Waals surface area contributed by atoms with Crippen molar-refractivity contribution in [3.63, 3.8) is 0 Å². The number of carbonyl (C=O) groups excluding carboxylic acids is 1. The number of aromatic carboxylic acids is 1. The van der Waals surface area contributed by atoms with Crippen molar-refractivity contribution in [3.05, 3.63) is 94.3 Å². The van der Waals surface area contributed by atoms with E-state index in [-0.39, 0.29) is 5.56 Å². The van der Waals surface area contributed by atoms with E-state index in [0.717, 1.165) is 16.5 Å². The van der Waals surface area contributed by atoms with Crippen LogP contribution in [0.2, 0.25) is 5.02 Å². The summed E-state index contributed by atoms with van der Waals surface area (Å²) in [5.41, 5.74) is 3.24. The molecule has 0 aliphatic carbocycles. The van der Waals surface area contributed by atoms with Crippen molar-refractivity contribution < 1.29 is 14.3 Å². The van der Waals surface area contributed by atoms with E-state index in [1.165, 1.54) is 12.1 Å². The molecule has 0 radical (unpaired) electrons. The highest BCUT2D eigenvalue weighted by atomic mass is 35.5. The van der Waals surface area contributed by atoms with Gasteiger partial charge in [-0.05, 0) is 61.0 Å². The molecule has 0 saturated carbocycles. The molecule has 0 N–H and O–H groups in total. The minimum atomic E-state index is -1.23. The molecule has 4 nitrogen and oxygen atoms in total. The van der Waals surface area contributed by atoms with E-state index in [0.29, 0.717) is 27.4 Å². The second-order valence-corrected chi connectivity index (χ2v) is 6.89. The van der Waals surface area contributed by atoms with Gasteiger partial charge in [-0.3, -0.25) is 0 Å². The maximum absolute atomic E-state index is 11.2. The lowest BCUT2D eigenvalue weighted by molar-refractivity contribution is -0.255. The van der Waals surface area contributed by atoms with E-state index in [1.807, 2.05) is 43.3 Å². The Hall–Kier alpha value is -3.37. The van der Waals surface area contributed by atoms with Gasteiger partial charge in [-0.1, -0.05) is 35.4 Å². The number of hydrogen-bond acceptors (Lipinski definition) is 4. The van der Waals surface area contributed by atoms with Crippen LogP contribution in [0.3, 0.4) is 0 Å². The molecule has 0 bridgehead atoms. The smallest absolute Gasteiger partial charge is 0.136 e. The van der Waals surface area contributed by atoms with Crippen LogP contribution < -0.4 is 10.5 Å². The normalized spacial score (nSPS) is 11.7. The number of halogens is 1. The molecule has 0 aliphatic rings. The minimum Gasteiger partial charge on any atom is -0.545 e. The first kappa shape index (κ1) is 18.0. The third kappa shape index (κ3) is 3.68. The van der Waals surface area contributed by atoms with Crippen LogP contribution in [0.4, 0.5) is 5.69 Å². The first-order valence-electron chi connectivity index (χ1n) is 8.66. The topological polar surface area (TPSA) is 65.6 Å². The predicted molar refractivity (Wildman–Crippen MR) is 107 cm³/mol. The molecule has 0 amide bonds. The highest BCUT2D eigenvalue weighted by Gasteiger charge is 2.07. The molecule has 28 heavy (non-hydrogen) atoms. The lowest BCUT2D eigenvalue weighted by Gasteiger charge is -2.07. The van der Waals surface area contributed by atoms with Crippen LogP contribution in [0.5, 0.6) is 0 Å². The lowest BCUT2D eigenvalue weighted by atomic mass is 10.1. The number of fused-ring (bicyclic) bond motifs is 1. The van der Waals surface area contributed by atoms with E-state index < -0.39 is 5.97 Å². The fourth-order valence-corrected chi connectivity index (χ4v) is 3.10. The Kier molecular flexibility index (Phi) is 4.72. The fourth-order valence-electron chi connectivity index (χ4n) is 2.97. The van der Waals surface area contributed by atoms with Crippen molar-refractivity contribution in [2.75, 3.05) is 0 Å². The van der Waals surface area contributed by atoms with Crippen molar-refractivity contribution in [3.8, 4) is 11.3 Å². The van der Waals surface area contributed by atoms with Crippen LogP contribution in [-0.2, 0) is 0 Å². The Bertz CT molecular complexity index is 1260. The van der Waals surface area contributed by atoms with Crippen LogP contribution in [0, 0.1) is 6.92 Å². The molecule has 3 aromatic carbocycles. The van der Waals surface area contributed by atoms with Gasteiger partial charge in [-0.15, -0.1) is 0 Å². The van der Waals surface area contributed by atoms with Gasteiger partial charge >= 0.3 is 0 Å². The maximum Gasteiger partial charge on any atom is 0.136 e. The second kappa shape index (κ2) is 7.33. The maximum atomic E-state index is 11.2. The van der Waals surface area contributed by atoms with Gasteiger partial charge in [0.15, 0.2) is 0 Å². The number of rotatable bonds is 3. The Morgan fingerprint density at radius 3 is 2.54 bits per heavy atom. The summed E-state index contributed by atoms with van der Waals surface area (Å²) in [6.45, 7) is 1.99. The van der Waals surface area contributed by atoms with Gasteiger partial charge in [0, 0.05) is 22.0 Å². The SMILES string of the molecule is Cc1ccc2oc(-c3ccc(Cl)cc3)cc(=Nc3cccc(C(=O)[O-])c3)c2c1. The summed E-state index contributed by atoms with van der Waals surface area (Å²) in [4.78, 5) is 15.8. The van der Waals surface area contributed by atoms with E-state index in [4.69, 9.17) is 16.0 Å². The molecule has 0 aliphatic heterocycles. The molecule has 0 spiro atoms. The Balaban J connectivity index is 1.97. The van der Waals surface area contributed by atoms with Crippen molar-refractivity contribution in [1.82, 2.24) is 0 Å². The number of carboxylic acid groups (broad SMARTS) is 1. The molecule has 0 atom stereocenters. The van der Waals surface area contributed by atoms with Gasteiger partial charge in [-0.2, -0.15) is 0 Å². The number of carboxylic acids is 1. The van der Waals surface area contributed by atoms with Crippen LogP contribution in [-0.4, -0.2) is 5.97 Å². The monoisotopic (exact) mass is 388 g/mol. The highest BCUT2D eigenvalue weighted by molar-refractivity contribution is 6.30. The van der Waals surface area contributed by atoms with Crippen LogP contribution in [0.25, 0.3) is 22.3 Å². The van der Waals surface area contributed by atoms with Crippen molar-refractivity contribution in [2.45, 2.75) is 6.92 Å². The van der Waals surface area contributed by atoms with Crippen molar-refractivity contribution >= 4 is 34.2 Å². The van der Waals surface area contributed by atoms with Crippen LogP contribution >= 0.6 is 11.6 Å². The average Bonchev–Trinajstić information content (AvgIpc) is 2.69. The van der Waals surface area contributed by atoms with E-state index in [2.05, 4.69) is 4.99 Å². The Labute approximate surface area is 166 Å². The van der Waals surface area contributed by atoms with E-state index in [1.54, 1.807) is 24.3 Å². The summed E-state index contributed by atoms with van der Waals surface area (Å²) in [6, 6.07) is 21.4. The van der Waals surface area contributed by atoms with Crippen LogP contribution in [0.15, 0.2) is 82.2 Å². The quantitative estimate of drug-likeness (QED) is 0.512. The molecule has 4 rings (SSSR count). The van der Waals surface area contributed by atoms with Gasteiger partial charge in [0.1, 0.15) is 11.3 Å². The number of nitrogens with zero attached hydrogens (tertiary/aromatic N) is 1. The standard InChI is InChI=1S/C23H16ClNO3/c1-14-5-10-21-19(11-14)20(25-18-4-2-3-16(12-18)23(26)27)13-22(28-21)15-6-8-17(24)9-7-15/h2-13H,1H3,(H,26,27)/p-1. The number of benzene rings is 3. The van der Waals surface area contributed by atoms with Crippen molar-refractivity contribution in [2.24, 2.45) is 4.99 Å². The molecule has 4 aromatic rings. The first-order valence-corrected chi connectivity index (χ1v) is 9.04. The molecule has 0 unspecified atom stereocenters. The molecule has 0 fully saturated rings. The van der Waals surface area contributed by atoms with Crippen molar-refractivity contribution in [1.29, 1.82) is 0 Å². The van der Waals surface area contributed by atoms with Gasteiger partial charge in [-0.25, -0.2) is 4.99 Å². The summed E-state index contributed by atoms with van der Waals surface area (Å²) in [7, 11) is 0. The lowest BCUT2D eigenvalue weighted by Crippen LogP contribution is -2.21. The zero-order valence-electron chi connectivity index (χ0n) is 15.0. The van der Waals surface area contributed by atoms with E-state index in [9.17, 15) is 9.90 Å². The van der Waals surface area contributed by atoms with Crippen LogP contribution in [0.1, 0.15) is 15.9 Å². The van der Waals surface area contributed by atoms with Gasteiger partial charge in [0.25, 0.3) is 0 Å². The van der Waals surface area contributed by atoms with Gasteiger partial charge in [0.05, 0.1) is 17.0 Å².